The molecule has 2 heteroatoms. The van der Waals surface area contributed by atoms with E-state index in [1.165, 1.54) is 29.2 Å². The van der Waals surface area contributed by atoms with Gasteiger partial charge in [0.25, 0.3) is 0 Å². The summed E-state index contributed by atoms with van der Waals surface area (Å²) in [5.41, 5.74) is 1.42. The van der Waals surface area contributed by atoms with Gasteiger partial charge in [-0.1, -0.05) is 48.3 Å². The van der Waals surface area contributed by atoms with Gasteiger partial charge in [0.15, 0.2) is 0 Å². The molecule has 2 aromatic rings. The van der Waals surface area contributed by atoms with Crippen LogP contribution >= 0.6 is 15.9 Å². The normalized spacial score (nSPS) is 20.9. The van der Waals surface area contributed by atoms with E-state index in [1.54, 1.807) is 0 Å². The van der Waals surface area contributed by atoms with Gasteiger partial charge in [0.1, 0.15) is 11.4 Å². The predicted molar refractivity (Wildman–Crippen MR) is 88.5 cm³/mol. The summed E-state index contributed by atoms with van der Waals surface area (Å²) in [4.78, 5) is 0. The average molecular weight is 333 g/mol. The number of hydrogen-bond donors (Lipinski definition) is 0. The lowest BCUT2D eigenvalue weighted by atomic mass is 9.87. The van der Waals surface area contributed by atoms with Crippen LogP contribution in [0.25, 0.3) is 10.8 Å². The van der Waals surface area contributed by atoms with Crippen molar-refractivity contribution < 1.29 is 4.74 Å². The number of unbranched alkanes of at least 4 members (excludes halogenated alkanes) is 1. The number of ether oxygens (including phenoxy) is 1. The van der Waals surface area contributed by atoms with Crippen molar-refractivity contribution in [2.24, 2.45) is 0 Å². The molecule has 0 saturated carbocycles. The van der Waals surface area contributed by atoms with Crippen molar-refractivity contribution in [2.45, 2.75) is 51.6 Å². The maximum absolute atomic E-state index is 6.37. The Bertz CT molecular complexity index is 635. The fourth-order valence-corrected chi connectivity index (χ4v) is 3.61. The number of benzene rings is 2. The second kappa shape index (κ2) is 5.40. The maximum atomic E-state index is 6.37. The van der Waals surface area contributed by atoms with Crippen LogP contribution in [-0.2, 0) is 6.42 Å². The summed E-state index contributed by atoms with van der Waals surface area (Å²) >= 11 is 3.55. The van der Waals surface area contributed by atoms with Crippen LogP contribution < -0.4 is 4.74 Å². The zero-order chi connectivity index (χ0) is 14.2. The summed E-state index contributed by atoms with van der Waals surface area (Å²) in [5, 5.41) is 2.64. The van der Waals surface area contributed by atoms with Crippen LogP contribution in [-0.4, -0.2) is 5.60 Å². The van der Waals surface area contributed by atoms with Gasteiger partial charge in [0.05, 0.1) is 0 Å². The maximum Gasteiger partial charge on any atom is 0.124 e. The molecule has 20 heavy (non-hydrogen) atoms. The van der Waals surface area contributed by atoms with Crippen molar-refractivity contribution in [1.29, 1.82) is 0 Å². The van der Waals surface area contributed by atoms with Crippen molar-refractivity contribution in [2.75, 3.05) is 0 Å². The summed E-state index contributed by atoms with van der Waals surface area (Å²) in [6.45, 7) is 4.50. The first-order valence-corrected chi connectivity index (χ1v) is 8.37. The van der Waals surface area contributed by atoms with Gasteiger partial charge in [-0.05, 0) is 48.2 Å². The van der Waals surface area contributed by atoms with Gasteiger partial charge in [-0.2, -0.15) is 0 Å². The first kappa shape index (κ1) is 13.9. The molecule has 1 atom stereocenters. The van der Waals surface area contributed by atoms with Crippen LogP contribution in [0.2, 0.25) is 0 Å². The second-order valence-corrected chi connectivity index (χ2v) is 6.74. The zero-order valence-electron chi connectivity index (χ0n) is 12.2. The van der Waals surface area contributed by atoms with Gasteiger partial charge in [-0.15, -0.1) is 0 Å². The molecule has 0 aromatic heterocycles. The lowest BCUT2D eigenvalue weighted by molar-refractivity contribution is 0.0776. The highest BCUT2D eigenvalue weighted by Gasteiger charge is 2.37. The summed E-state index contributed by atoms with van der Waals surface area (Å²) in [5.74, 6) is 1.10. The molecular formula is C18H21BrO. The molecule has 0 bridgehead atoms. The molecule has 1 aliphatic rings. The van der Waals surface area contributed by atoms with Crippen LogP contribution in [0.4, 0.5) is 0 Å². The highest BCUT2D eigenvalue weighted by Crippen LogP contribution is 2.43. The van der Waals surface area contributed by atoms with Crippen LogP contribution in [0, 0.1) is 0 Å². The minimum absolute atomic E-state index is 0.0275. The molecule has 0 fully saturated rings. The number of halogens is 1. The van der Waals surface area contributed by atoms with Gasteiger partial charge < -0.3 is 4.74 Å². The summed E-state index contributed by atoms with van der Waals surface area (Å²) in [6, 6.07) is 10.8. The SMILES string of the molecule is CCCCC1(CC)Cc2c(ccc3cc(Br)ccc23)O1. The minimum Gasteiger partial charge on any atom is -0.487 e. The first-order valence-electron chi connectivity index (χ1n) is 7.57. The van der Waals surface area contributed by atoms with E-state index >= 15 is 0 Å². The Hall–Kier alpha value is -1.02. The van der Waals surface area contributed by atoms with Crippen molar-refractivity contribution in [3.63, 3.8) is 0 Å². The van der Waals surface area contributed by atoms with E-state index in [2.05, 4.69) is 60.1 Å². The van der Waals surface area contributed by atoms with E-state index in [9.17, 15) is 0 Å². The molecule has 0 amide bonds. The number of fused-ring (bicyclic) bond motifs is 3. The monoisotopic (exact) mass is 332 g/mol. The molecule has 0 aliphatic carbocycles. The Kier molecular flexibility index (Phi) is 3.76. The lowest BCUT2D eigenvalue weighted by Crippen LogP contribution is -2.33. The molecule has 106 valence electrons. The van der Waals surface area contributed by atoms with Gasteiger partial charge in [0, 0.05) is 16.5 Å². The Morgan fingerprint density at radius 1 is 1.20 bits per heavy atom. The topological polar surface area (TPSA) is 9.23 Å². The average Bonchev–Trinajstić information content (AvgIpc) is 2.84. The van der Waals surface area contributed by atoms with Gasteiger partial charge >= 0.3 is 0 Å². The van der Waals surface area contributed by atoms with Crippen LogP contribution in [0.5, 0.6) is 5.75 Å². The van der Waals surface area contributed by atoms with E-state index in [0.29, 0.717) is 0 Å². The number of rotatable bonds is 4. The molecule has 1 heterocycles. The predicted octanol–water partition coefficient (Wildman–Crippen LogP) is 5.88. The zero-order valence-corrected chi connectivity index (χ0v) is 13.8. The molecule has 3 rings (SSSR count). The third kappa shape index (κ3) is 2.35. The Morgan fingerprint density at radius 3 is 2.80 bits per heavy atom. The third-order valence-electron chi connectivity index (χ3n) is 4.51. The minimum atomic E-state index is 0.0275. The molecule has 1 aliphatic heterocycles. The van der Waals surface area contributed by atoms with Gasteiger partial charge in [0.2, 0.25) is 0 Å². The van der Waals surface area contributed by atoms with Crippen molar-refractivity contribution in [1.82, 2.24) is 0 Å². The van der Waals surface area contributed by atoms with Crippen molar-refractivity contribution in [3.8, 4) is 5.75 Å². The van der Waals surface area contributed by atoms with Crippen molar-refractivity contribution >= 4 is 26.7 Å². The molecule has 0 spiro atoms. The van der Waals surface area contributed by atoms with Crippen LogP contribution in [0.1, 0.15) is 45.1 Å². The molecular weight excluding hydrogens is 312 g/mol. The molecule has 1 nitrogen and oxygen atoms in total. The molecule has 0 saturated heterocycles. The van der Waals surface area contributed by atoms with E-state index in [-0.39, 0.29) is 5.60 Å². The number of hydrogen-bond acceptors (Lipinski definition) is 1. The lowest BCUT2D eigenvalue weighted by Gasteiger charge is -2.27. The molecule has 0 radical (unpaired) electrons. The van der Waals surface area contributed by atoms with E-state index in [0.717, 1.165) is 29.5 Å². The molecule has 1 unspecified atom stereocenters. The summed E-state index contributed by atoms with van der Waals surface area (Å²) in [6.07, 6.45) is 5.77. The van der Waals surface area contributed by atoms with Gasteiger partial charge in [-0.3, -0.25) is 0 Å². The smallest absolute Gasteiger partial charge is 0.124 e. The second-order valence-electron chi connectivity index (χ2n) is 5.83. The summed E-state index contributed by atoms with van der Waals surface area (Å²) in [7, 11) is 0. The Labute approximate surface area is 129 Å². The highest BCUT2D eigenvalue weighted by molar-refractivity contribution is 9.10. The van der Waals surface area contributed by atoms with E-state index < -0.39 is 0 Å². The van der Waals surface area contributed by atoms with E-state index in [1.807, 2.05) is 0 Å². The molecule has 0 N–H and O–H groups in total. The third-order valence-corrected chi connectivity index (χ3v) is 5.00. The standard InChI is InChI=1S/C18H21BrO/c1-3-5-10-18(4-2)12-16-15-8-7-14(19)11-13(15)6-9-17(16)20-18/h6-9,11H,3-5,10,12H2,1-2H3. The Morgan fingerprint density at radius 2 is 2.05 bits per heavy atom. The molecule has 2 aromatic carbocycles. The summed E-state index contributed by atoms with van der Waals surface area (Å²) < 4.78 is 7.51. The fourth-order valence-electron chi connectivity index (χ4n) is 3.23. The van der Waals surface area contributed by atoms with Crippen molar-refractivity contribution in [3.05, 3.63) is 40.4 Å². The first-order chi connectivity index (χ1) is 9.67. The van der Waals surface area contributed by atoms with E-state index in [4.69, 9.17) is 4.74 Å². The largest absolute Gasteiger partial charge is 0.487 e. The fraction of sp³-hybridized carbons (Fsp3) is 0.444. The van der Waals surface area contributed by atoms with Crippen LogP contribution in [0.15, 0.2) is 34.8 Å². The highest BCUT2D eigenvalue weighted by atomic mass is 79.9. The quantitative estimate of drug-likeness (QED) is 0.679. The Balaban J connectivity index is 2.02. The van der Waals surface area contributed by atoms with Gasteiger partial charge in [-0.25, -0.2) is 0 Å². The van der Waals surface area contributed by atoms with Crippen LogP contribution in [0.3, 0.4) is 0 Å².